The monoisotopic (exact) mass is 308 g/mol. The van der Waals surface area contributed by atoms with Crippen LogP contribution < -0.4 is 4.57 Å². The van der Waals surface area contributed by atoms with Gasteiger partial charge in [-0.15, -0.1) is 0 Å². The first kappa shape index (κ1) is 11.8. The number of rotatable bonds is 1. The number of furan rings is 1. The maximum atomic E-state index is 14.0. The van der Waals surface area contributed by atoms with Gasteiger partial charge in [0.25, 0.3) is 0 Å². The number of benzene rings is 2. The predicted molar refractivity (Wildman–Crippen MR) is 89.8 cm³/mol. The Kier molecular flexibility index (Phi) is 2.53. The lowest BCUT2D eigenvalue weighted by Gasteiger charge is -2.06. The van der Waals surface area contributed by atoms with Gasteiger partial charge in [0.2, 0.25) is 5.69 Å². The highest BCUT2D eigenvalue weighted by Crippen LogP contribution is 2.36. The average molecular weight is 308 g/mol. The highest BCUT2D eigenvalue weighted by molar-refractivity contribution is 6.09. The zero-order valence-electron chi connectivity index (χ0n) is 15.2. The Morgan fingerprint density at radius 2 is 1.91 bits per heavy atom. The fourth-order valence-corrected chi connectivity index (χ4v) is 3.05. The van der Waals surface area contributed by atoms with Gasteiger partial charge in [-0.3, -0.25) is 0 Å². The van der Waals surface area contributed by atoms with Gasteiger partial charge in [0, 0.05) is 35.9 Å². The fourth-order valence-electron chi connectivity index (χ4n) is 3.05. The van der Waals surface area contributed by atoms with Crippen molar-refractivity contribution >= 4 is 21.9 Å². The second-order valence-electron chi connectivity index (χ2n) is 5.82. The van der Waals surface area contributed by atoms with Crippen molar-refractivity contribution in [2.45, 2.75) is 13.8 Å². The Morgan fingerprint density at radius 1 is 1.09 bits per heavy atom. The molecule has 114 valence electrons. The van der Waals surface area contributed by atoms with E-state index < -0.39 is 5.82 Å². The molecule has 0 unspecified atom stereocenters. The minimum atomic E-state index is -0.856. The molecule has 0 N–H and O–H groups in total. The number of aromatic nitrogens is 1. The normalized spacial score (nSPS) is 12.7. The molecule has 2 aromatic heterocycles. The molecule has 0 aliphatic carbocycles. The van der Waals surface area contributed by atoms with Crippen molar-refractivity contribution in [3.05, 3.63) is 65.6 Å². The molecule has 4 rings (SSSR count). The van der Waals surface area contributed by atoms with Crippen molar-refractivity contribution < 1.29 is 16.1 Å². The molecule has 2 aromatic carbocycles. The summed E-state index contributed by atoms with van der Waals surface area (Å²) < 4.78 is 37.7. The van der Waals surface area contributed by atoms with Crippen LogP contribution in [0.4, 0.5) is 4.39 Å². The summed E-state index contributed by atoms with van der Waals surface area (Å²) in [5, 5.41) is 1.39. The molecule has 0 aliphatic rings. The SMILES string of the molecule is [2H]c1cc2c(oc3c(-c4cccc(C)[n+]4C)c(C)ccc32)c([2H])c1F. The third-order valence-corrected chi connectivity index (χ3v) is 4.41. The summed E-state index contributed by atoms with van der Waals surface area (Å²) in [4.78, 5) is 0. The van der Waals surface area contributed by atoms with Crippen LogP contribution in [0.25, 0.3) is 33.2 Å². The maximum absolute atomic E-state index is 14.0. The largest absolute Gasteiger partial charge is 0.455 e. The van der Waals surface area contributed by atoms with Gasteiger partial charge in [-0.25, -0.2) is 4.39 Å². The minimum absolute atomic E-state index is 0.186. The number of pyridine rings is 1. The summed E-state index contributed by atoms with van der Waals surface area (Å²) in [6, 6.07) is 10.7. The molecule has 0 spiro atoms. The highest BCUT2D eigenvalue weighted by Gasteiger charge is 2.21. The van der Waals surface area contributed by atoms with Crippen molar-refractivity contribution in [3.8, 4) is 11.3 Å². The van der Waals surface area contributed by atoms with Gasteiger partial charge in [0.1, 0.15) is 24.0 Å². The minimum Gasteiger partial charge on any atom is -0.455 e. The molecule has 0 atom stereocenters. The molecule has 0 aliphatic heterocycles. The standard InChI is InChI=1S/C20H17FNO/c1-12-7-9-16-15-10-8-14(21)11-18(15)23-20(16)19(12)17-6-4-5-13(2)22(17)3/h4-11H,1-3H3/q+1/i8D,11D. The molecule has 0 radical (unpaired) electrons. The quantitative estimate of drug-likeness (QED) is 0.460. The van der Waals surface area contributed by atoms with Crippen molar-refractivity contribution in [2.24, 2.45) is 7.05 Å². The van der Waals surface area contributed by atoms with Gasteiger partial charge in [0.15, 0.2) is 5.69 Å². The summed E-state index contributed by atoms with van der Waals surface area (Å²) in [5.74, 6) is -0.856. The highest BCUT2D eigenvalue weighted by atomic mass is 19.1. The summed E-state index contributed by atoms with van der Waals surface area (Å²) in [6.07, 6.45) is 0. The Bertz CT molecular complexity index is 1160. The maximum Gasteiger partial charge on any atom is 0.216 e. The topological polar surface area (TPSA) is 17.0 Å². The number of nitrogens with zero attached hydrogens (tertiary/aromatic N) is 1. The molecular formula is C20H17FNO+. The van der Waals surface area contributed by atoms with Crippen LogP contribution in [0, 0.1) is 19.7 Å². The second-order valence-corrected chi connectivity index (χ2v) is 5.82. The number of hydrogen-bond donors (Lipinski definition) is 0. The van der Waals surface area contributed by atoms with Gasteiger partial charge >= 0.3 is 0 Å². The molecular weight excluding hydrogens is 289 g/mol. The first-order valence-electron chi connectivity index (χ1n) is 8.47. The zero-order valence-corrected chi connectivity index (χ0v) is 13.2. The van der Waals surface area contributed by atoms with Crippen molar-refractivity contribution in [1.29, 1.82) is 0 Å². The second kappa shape index (κ2) is 4.92. The smallest absolute Gasteiger partial charge is 0.216 e. The number of hydrogen-bond acceptors (Lipinski definition) is 1. The molecule has 4 aromatic rings. The van der Waals surface area contributed by atoms with Crippen LogP contribution >= 0.6 is 0 Å². The van der Waals surface area contributed by atoms with Crippen molar-refractivity contribution in [2.75, 3.05) is 0 Å². The third-order valence-electron chi connectivity index (χ3n) is 4.41. The third kappa shape index (κ3) is 2.04. The Morgan fingerprint density at radius 3 is 2.74 bits per heavy atom. The van der Waals surface area contributed by atoms with Crippen LogP contribution in [-0.2, 0) is 7.05 Å². The van der Waals surface area contributed by atoms with Crippen LogP contribution in [0.1, 0.15) is 14.0 Å². The molecule has 0 amide bonds. The van der Waals surface area contributed by atoms with Crippen molar-refractivity contribution in [3.63, 3.8) is 0 Å². The fraction of sp³-hybridized carbons (Fsp3) is 0.150. The first-order valence-corrected chi connectivity index (χ1v) is 7.47. The summed E-state index contributed by atoms with van der Waals surface area (Å²) in [5.41, 5.74) is 4.85. The summed E-state index contributed by atoms with van der Waals surface area (Å²) >= 11 is 0. The van der Waals surface area contributed by atoms with Gasteiger partial charge in [-0.05, 0) is 30.7 Å². The van der Waals surface area contributed by atoms with E-state index in [-0.39, 0.29) is 17.7 Å². The van der Waals surface area contributed by atoms with E-state index in [0.717, 1.165) is 27.9 Å². The van der Waals surface area contributed by atoms with Crippen molar-refractivity contribution in [1.82, 2.24) is 0 Å². The zero-order chi connectivity index (χ0) is 17.9. The number of aryl methyl sites for hydroxylation is 2. The Labute approximate surface area is 136 Å². The molecule has 0 saturated carbocycles. The van der Waals surface area contributed by atoms with Crippen LogP contribution in [0.2, 0.25) is 0 Å². The Hall–Kier alpha value is -2.68. The van der Waals surface area contributed by atoms with Gasteiger partial charge in [-0.2, -0.15) is 4.57 Å². The number of fused-ring (bicyclic) bond motifs is 3. The number of halogens is 1. The van der Waals surface area contributed by atoms with Gasteiger partial charge < -0.3 is 4.42 Å². The molecule has 2 heterocycles. The van der Waals surface area contributed by atoms with Crippen LogP contribution in [0.15, 0.2) is 52.9 Å². The lowest BCUT2D eigenvalue weighted by molar-refractivity contribution is -0.666. The first-order chi connectivity index (χ1) is 11.9. The molecule has 0 fully saturated rings. The molecule has 0 saturated heterocycles. The lowest BCUT2D eigenvalue weighted by atomic mass is 10.0. The Balaban J connectivity index is 2.19. The summed E-state index contributed by atoms with van der Waals surface area (Å²) in [7, 11) is 1.99. The van der Waals surface area contributed by atoms with Gasteiger partial charge in [-0.1, -0.05) is 12.1 Å². The van der Waals surface area contributed by atoms with Crippen LogP contribution in [-0.4, -0.2) is 0 Å². The van der Waals surface area contributed by atoms with Crippen LogP contribution in [0.3, 0.4) is 0 Å². The predicted octanol–water partition coefficient (Wildman–Crippen LogP) is 4.83. The molecule has 23 heavy (non-hydrogen) atoms. The van der Waals surface area contributed by atoms with E-state index in [9.17, 15) is 4.39 Å². The van der Waals surface area contributed by atoms with E-state index in [1.807, 2.05) is 51.2 Å². The lowest BCUT2D eigenvalue weighted by Crippen LogP contribution is -2.34. The van der Waals surface area contributed by atoms with Crippen LogP contribution in [0.5, 0.6) is 0 Å². The van der Waals surface area contributed by atoms with E-state index in [1.165, 1.54) is 6.07 Å². The molecule has 0 bridgehead atoms. The van der Waals surface area contributed by atoms with E-state index in [2.05, 4.69) is 4.57 Å². The summed E-state index contributed by atoms with van der Waals surface area (Å²) in [6.45, 7) is 4.03. The van der Waals surface area contributed by atoms with E-state index in [4.69, 9.17) is 7.16 Å². The van der Waals surface area contributed by atoms with E-state index in [1.54, 1.807) is 0 Å². The molecule has 3 heteroatoms. The van der Waals surface area contributed by atoms with E-state index in [0.29, 0.717) is 11.0 Å². The average Bonchev–Trinajstić information content (AvgIpc) is 2.94. The van der Waals surface area contributed by atoms with Gasteiger partial charge in [0.05, 0.1) is 8.30 Å². The van der Waals surface area contributed by atoms with E-state index >= 15 is 0 Å². The molecule has 2 nitrogen and oxygen atoms in total.